The number of amides is 1. The molecule has 2 rings (SSSR count). The van der Waals surface area contributed by atoms with Gasteiger partial charge in [0.15, 0.2) is 6.10 Å². The summed E-state index contributed by atoms with van der Waals surface area (Å²) in [6.45, 7) is 5.26. The van der Waals surface area contributed by atoms with Gasteiger partial charge in [-0.15, -0.1) is 0 Å². The molecular formula is C19H24N2O3. The third-order valence-electron chi connectivity index (χ3n) is 4.55. The SMILES string of the molecule is Cc1ccc(C)c(C(=O)O[C@@H](C)C(=O)NC2(C#N)CCCCC2)c1. The molecule has 5 nitrogen and oxygen atoms in total. The lowest BCUT2D eigenvalue weighted by atomic mass is 9.83. The number of carbonyl (C=O) groups is 2. The van der Waals surface area contributed by atoms with Crippen LogP contribution in [0.2, 0.25) is 0 Å². The van der Waals surface area contributed by atoms with Crippen LogP contribution < -0.4 is 5.32 Å². The molecule has 128 valence electrons. The minimum absolute atomic E-state index is 0.419. The summed E-state index contributed by atoms with van der Waals surface area (Å²) in [4.78, 5) is 24.7. The summed E-state index contributed by atoms with van der Waals surface area (Å²) < 4.78 is 5.30. The van der Waals surface area contributed by atoms with E-state index < -0.39 is 23.5 Å². The maximum Gasteiger partial charge on any atom is 0.339 e. The van der Waals surface area contributed by atoms with Gasteiger partial charge in [-0.25, -0.2) is 4.79 Å². The highest BCUT2D eigenvalue weighted by molar-refractivity contribution is 5.93. The first-order valence-corrected chi connectivity index (χ1v) is 8.38. The number of hydrogen-bond acceptors (Lipinski definition) is 4. The number of carbonyl (C=O) groups excluding carboxylic acids is 2. The molecule has 0 heterocycles. The summed E-state index contributed by atoms with van der Waals surface area (Å²) in [5.41, 5.74) is 1.39. The lowest BCUT2D eigenvalue weighted by Crippen LogP contribution is -2.52. The van der Waals surface area contributed by atoms with Crippen LogP contribution in [0.4, 0.5) is 0 Å². The van der Waals surface area contributed by atoms with Crippen LogP contribution in [-0.4, -0.2) is 23.5 Å². The topological polar surface area (TPSA) is 79.2 Å². The number of nitrogens with one attached hydrogen (secondary N) is 1. The normalized spacial score (nSPS) is 17.4. The van der Waals surface area contributed by atoms with Gasteiger partial charge >= 0.3 is 5.97 Å². The predicted octanol–water partition coefficient (Wildman–Crippen LogP) is 3.19. The van der Waals surface area contributed by atoms with E-state index in [4.69, 9.17) is 4.74 Å². The van der Waals surface area contributed by atoms with Gasteiger partial charge in [0.05, 0.1) is 11.6 Å². The molecule has 0 saturated heterocycles. The number of esters is 1. The van der Waals surface area contributed by atoms with Crippen LogP contribution in [0, 0.1) is 25.2 Å². The van der Waals surface area contributed by atoms with Gasteiger partial charge < -0.3 is 10.1 Å². The molecule has 1 atom stereocenters. The number of hydrogen-bond donors (Lipinski definition) is 1. The Bertz CT molecular complexity index is 670. The third-order valence-corrected chi connectivity index (χ3v) is 4.55. The number of nitrogens with zero attached hydrogens (tertiary/aromatic N) is 1. The number of ether oxygens (including phenoxy) is 1. The van der Waals surface area contributed by atoms with E-state index in [1.165, 1.54) is 6.92 Å². The Kier molecular flexibility index (Phi) is 5.61. The fourth-order valence-electron chi connectivity index (χ4n) is 2.99. The zero-order chi connectivity index (χ0) is 17.7. The van der Waals surface area contributed by atoms with E-state index in [0.717, 1.165) is 30.4 Å². The quantitative estimate of drug-likeness (QED) is 0.861. The molecule has 1 saturated carbocycles. The van der Waals surface area contributed by atoms with Crippen LogP contribution in [0.15, 0.2) is 18.2 Å². The van der Waals surface area contributed by atoms with Gasteiger partial charge in [0.2, 0.25) is 0 Å². The Morgan fingerprint density at radius 1 is 1.25 bits per heavy atom. The second kappa shape index (κ2) is 7.48. The lowest BCUT2D eigenvalue weighted by Gasteiger charge is -2.32. The van der Waals surface area contributed by atoms with E-state index >= 15 is 0 Å². The van der Waals surface area contributed by atoms with Gasteiger partial charge in [-0.3, -0.25) is 4.79 Å². The zero-order valence-corrected chi connectivity index (χ0v) is 14.5. The van der Waals surface area contributed by atoms with Crippen molar-refractivity contribution in [1.29, 1.82) is 5.26 Å². The smallest absolute Gasteiger partial charge is 0.339 e. The molecule has 1 aromatic rings. The molecule has 0 aromatic heterocycles. The van der Waals surface area contributed by atoms with Crippen molar-refractivity contribution in [3.63, 3.8) is 0 Å². The molecular weight excluding hydrogens is 304 g/mol. The molecule has 1 aromatic carbocycles. The fourth-order valence-corrected chi connectivity index (χ4v) is 2.99. The average molecular weight is 328 g/mol. The number of benzene rings is 1. The van der Waals surface area contributed by atoms with Gasteiger partial charge in [0, 0.05) is 0 Å². The van der Waals surface area contributed by atoms with Crippen molar-refractivity contribution in [3.05, 3.63) is 34.9 Å². The standard InChI is InChI=1S/C19H24N2O3/c1-13-7-8-14(2)16(11-13)18(23)24-15(3)17(22)21-19(12-20)9-5-4-6-10-19/h7-8,11,15H,4-6,9-10H2,1-3H3,(H,21,22)/t15-/m0/s1. The van der Waals surface area contributed by atoms with Crippen LogP contribution in [0.5, 0.6) is 0 Å². The Hall–Kier alpha value is -2.35. The highest BCUT2D eigenvalue weighted by atomic mass is 16.5. The molecule has 0 bridgehead atoms. The molecule has 1 aliphatic rings. The van der Waals surface area contributed by atoms with E-state index in [2.05, 4.69) is 11.4 Å². The van der Waals surface area contributed by atoms with Crippen molar-refractivity contribution in [3.8, 4) is 6.07 Å². The van der Waals surface area contributed by atoms with Crippen molar-refractivity contribution >= 4 is 11.9 Å². The maximum atomic E-state index is 12.4. The zero-order valence-electron chi connectivity index (χ0n) is 14.5. The average Bonchev–Trinajstić information content (AvgIpc) is 2.57. The van der Waals surface area contributed by atoms with Crippen molar-refractivity contribution in [2.24, 2.45) is 0 Å². The van der Waals surface area contributed by atoms with Crippen LogP contribution in [-0.2, 0) is 9.53 Å². The van der Waals surface area contributed by atoms with E-state index in [9.17, 15) is 14.9 Å². The van der Waals surface area contributed by atoms with E-state index in [1.54, 1.807) is 6.07 Å². The number of aryl methyl sites for hydroxylation is 2. The number of rotatable bonds is 4. The molecule has 0 unspecified atom stereocenters. The Morgan fingerprint density at radius 3 is 2.54 bits per heavy atom. The van der Waals surface area contributed by atoms with E-state index in [1.807, 2.05) is 26.0 Å². The summed E-state index contributed by atoms with van der Waals surface area (Å²) >= 11 is 0. The van der Waals surface area contributed by atoms with Gasteiger partial charge in [0.25, 0.3) is 5.91 Å². The number of nitriles is 1. The van der Waals surface area contributed by atoms with Gasteiger partial charge in [-0.2, -0.15) is 5.26 Å². The van der Waals surface area contributed by atoms with Crippen molar-refractivity contribution in [1.82, 2.24) is 5.32 Å². The van der Waals surface area contributed by atoms with Crippen molar-refractivity contribution in [2.45, 2.75) is 64.5 Å². The molecule has 1 N–H and O–H groups in total. The molecule has 1 fully saturated rings. The van der Waals surface area contributed by atoms with Crippen LogP contribution >= 0.6 is 0 Å². The molecule has 5 heteroatoms. The second-order valence-corrected chi connectivity index (χ2v) is 6.61. The highest BCUT2D eigenvalue weighted by Gasteiger charge is 2.35. The first kappa shape index (κ1) is 18.0. The molecule has 1 aliphatic carbocycles. The summed E-state index contributed by atoms with van der Waals surface area (Å²) in [6.07, 6.45) is 3.27. The second-order valence-electron chi connectivity index (χ2n) is 6.61. The minimum atomic E-state index is -0.940. The molecule has 0 spiro atoms. The van der Waals surface area contributed by atoms with Gasteiger partial charge in [-0.1, -0.05) is 37.0 Å². The molecule has 0 radical (unpaired) electrons. The predicted molar refractivity (Wildman–Crippen MR) is 90.4 cm³/mol. The van der Waals surface area contributed by atoms with Crippen molar-refractivity contribution < 1.29 is 14.3 Å². The first-order chi connectivity index (χ1) is 11.4. The van der Waals surface area contributed by atoms with Crippen LogP contribution in [0.3, 0.4) is 0 Å². The van der Waals surface area contributed by atoms with E-state index in [0.29, 0.717) is 18.4 Å². The first-order valence-electron chi connectivity index (χ1n) is 8.38. The molecule has 0 aliphatic heterocycles. The van der Waals surface area contributed by atoms with Crippen LogP contribution in [0.1, 0.15) is 60.5 Å². The van der Waals surface area contributed by atoms with Gasteiger partial charge in [-0.05, 0) is 45.2 Å². The highest BCUT2D eigenvalue weighted by Crippen LogP contribution is 2.27. The third kappa shape index (κ3) is 4.14. The van der Waals surface area contributed by atoms with Gasteiger partial charge in [0.1, 0.15) is 5.54 Å². The minimum Gasteiger partial charge on any atom is -0.449 e. The summed E-state index contributed by atoms with van der Waals surface area (Å²) in [5.74, 6) is -0.939. The summed E-state index contributed by atoms with van der Waals surface area (Å²) in [5, 5.41) is 12.2. The Morgan fingerprint density at radius 2 is 1.92 bits per heavy atom. The van der Waals surface area contributed by atoms with Crippen molar-refractivity contribution in [2.75, 3.05) is 0 Å². The monoisotopic (exact) mass is 328 g/mol. The Balaban J connectivity index is 2.02. The van der Waals surface area contributed by atoms with Crippen LogP contribution in [0.25, 0.3) is 0 Å². The van der Waals surface area contributed by atoms with E-state index in [-0.39, 0.29) is 0 Å². The lowest BCUT2D eigenvalue weighted by molar-refractivity contribution is -0.130. The summed E-state index contributed by atoms with van der Waals surface area (Å²) in [7, 11) is 0. The Labute approximate surface area is 143 Å². The fraction of sp³-hybridized carbons (Fsp3) is 0.526. The molecule has 24 heavy (non-hydrogen) atoms. The largest absolute Gasteiger partial charge is 0.449 e. The summed E-state index contributed by atoms with van der Waals surface area (Å²) in [6, 6.07) is 7.75. The maximum absolute atomic E-state index is 12.4. The molecule has 1 amide bonds.